The molecule has 0 bridgehead atoms. The third-order valence-corrected chi connectivity index (χ3v) is 3.59. The van der Waals surface area contributed by atoms with E-state index >= 15 is 0 Å². The van der Waals surface area contributed by atoms with Gasteiger partial charge >= 0.3 is 0 Å². The van der Waals surface area contributed by atoms with Crippen LogP contribution < -0.4 is 10.6 Å². The van der Waals surface area contributed by atoms with Crippen LogP contribution in [0.4, 0.5) is 10.1 Å². The smallest absolute Gasteiger partial charge is 0.147 e. The van der Waals surface area contributed by atoms with Crippen LogP contribution >= 0.6 is 0 Å². The Morgan fingerprint density at radius 1 is 1.35 bits per heavy atom. The summed E-state index contributed by atoms with van der Waals surface area (Å²) in [6.45, 7) is 6.15. The maximum absolute atomic E-state index is 13.9. The van der Waals surface area contributed by atoms with Crippen LogP contribution in [-0.2, 0) is 0 Å². The van der Waals surface area contributed by atoms with E-state index in [4.69, 9.17) is 11.1 Å². The summed E-state index contributed by atoms with van der Waals surface area (Å²) in [5.41, 5.74) is 6.39. The summed E-state index contributed by atoms with van der Waals surface area (Å²) in [5.74, 6) is 0.779. The topological polar surface area (TPSA) is 53.1 Å². The van der Waals surface area contributed by atoms with Crippen molar-refractivity contribution in [2.75, 3.05) is 18.0 Å². The van der Waals surface area contributed by atoms with E-state index in [2.05, 4.69) is 18.7 Å². The Bertz CT molecular complexity index is 434. The SMILES string of the molecule is CC1CN(c2ccc(C(=N)N)cc2F)CC1C. The molecular formula is C13H18FN3. The van der Waals surface area contributed by atoms with E-state index in [-0.39, 0.29) is 11.7 Å². The number of benzene rings is 1. The zero-order valence-corrected chi connectivity index (χ0v) is 10.2. The first-order valence-electron chi connectivity index (χ1n) is 5.88. The van der Waals surface area contributed by atoms with Crippen LogP contribution in [0.15, 0.2) is 18.2 Å². The molecule has 0 radical (unpaired) electrons. The molecule has 4 heteroatoms. The van der Waals surface area contributed by atoms with Crippen molar-refractivity contribution in [1.29, 1.82) is 5.41 Å². The summed E-state index contributed by atoms with van der Waals surface area (Å²) in [5, 5.41) is 7.27. The molecule has 1 aromatic carbocycles. The van der Waals surface area contributed by atoms with Crippen LogP contribution in [0, 0.1) is 23.1 Å². The number of halogens is 1. The van der Waals surface area contributed by atoms with Gasteiger partial charge in [0.15, 0.2) is 0 Å². The first kappa shape index (κ1) is 11.9. The first-order chi connectivity index (χ1) is 7.99. The fourth-order valence-electron chi connectivity index (χ4n) is 2.26. The number of hydrogen-bond acceptors (Lipinski definition) is 2. The standard InChI is InChI=1S/C13H18FN3/c1-8-6-17(7-9(8)2)12-4-3-10(13(15)16)5-11(12)14/h3-5,8-9H,6-7H2,1-2H3,(H3,15,16). The number of nitrogens with one attached hydrogen (secondary N) is 1. The van der Waals surface area contributed by atoms with Gasteiger partial charge in [0.05, 0.1) is 5.69 Å². The molecule has 2 unspecified atom stereocenters. The molecule has 1 aliphatic heterocycles. The average Bonchev–Trinajstić information content (AvgIpc) is 2.58. The molecule has 0 amide bonds. The second-order valence-electron chi connectivity index (χ2n) is 4.94. The molecule has 1 aliphatic rings. The molecule has 0 aromatic heterocycles. The lowest BCUT2D eigenvalue weighted by Crippen LogP contribution is -2.21. The van der Waals surface area contributed by atoms with Crippen LogP contribution in [0.5, 0.6) is 0 Å². The van der Waals surface area contributed by atoms with Gasteiger partial charge in [0.25, 0.3) is 0 Å². The van der Waals surface area contributed by atoms with Gasteiger partial charge in [-0.3, -0.25) is 5.41 Å². The number of nitrogens with zero attached hydrogens (tertiary/aromatic N) is 1. The molecular weight excluding hydrogens is 217 g/mol. The van der Waals surface area contributed by atoms with Crippen molar-refractivity contribution in [3.05, 3.63) is 29.6 Å². The van der Waals surface area contributed by atoms with Gasteiger partial charge in [0.2, 0.25) is 0 Å². The highest BCUT2D eigenvalue weighted by Crippen LogP contribution is 2.29. The van der Waals surface area contributed by atoms with Crippen molar-refractivity contribution in [3.8, 4) is 0 Å². The van der Waals surface area contributed by atoms with Crippen LogP contribution in [0.25, 0.3) is 0 Å². The molecule has 1 saturated heterocycles. The highest BCUT2D eigenvalue weighted by molar-refractivity contribution is 5.95. The van der Waals surface area contributed by atoms with Crippen molar-refractivity contribution in [3.63, 3.8) is 0 Å². The van der Waals surface area contributed by atoms with E-state index in [0.29, 0.717) is 23.1 Å². The Morgan fingerprint density at radius 2 is 1.94 bits per heavy atom. The predicted octanol–water partition coefficient (Wildman–Crippen LogP) is 2.20. The lowest BCUT2D eigenvalue weighted by Gasteiger charge is -2.19. The predicted molar refractivity (Wildman–Crippen MR) is 68.0 cm³/mol. The molecule has 1 aromatic rings. The monoisotopic (exact) mass is 235 g/mol. The molecule has 92 valence electrons. The van der Waals surface area contributed by atoms with Gasteiger partial charge in [-0.05, 0) is 30.0 Å². The maximum atomic E-state index is 13.9. The zero-order valence-electron chi connectivity index (χ0n) is 10.2. The zero-order chi connectivity index (χ0) is 12.6. The molecule has 0 spiro atoms. The second-order valence-corrected chi connectivity index (χ2v) is 4.94. The Labute approximate surface area is 101 Å². The largest absolute Gasteiger partial charge is 0.384 e. The second kappa shape index (κ2) is 4.35. The van der Waals surface area contributed by atoms with E-state index in [0.717, 1.165) is 13.1 Å². The van der Waals surface area contributed by atoms with E-state index in [9.17, 15) is 4.39 Å². The minimum absolute atomic E-state index is 0.0985. The van der Waals surface area contributed by atoms with Crippen molar-refractivity contribution in [2.45, 2.75) is 13.8 Å². The number of hydrogen-bond donors (Lipinski definition) is 2. The quantitative estimate of drug-likeness (QED) is 0.610. The number of nitrogens with two attached hydrogens (primary N) is 1. The fourth-order valence-corrected chi connectivity index (χ4v) is 2.26. The van der Waals surface area contributed by atoms with Crippen LogP contribution in [0.3, 0.4) is 0 Å². The van der Waals surface area contributed by atoms with E-state index in [1.165, 1.54) is 6.07 Å². The summed E-state index contributed by atoms with van der Waals surface area (Å²) in [4.78, 5) is 2.06. The molecule has 3 nitrogen and oxygen atoms in total. The third-order valence-electron chi connectivity index (χ3n) is 3.59. The lowest BCUT2D eigenvalue weighted by atomic mass is 10.0. The molecule has 2 atom stereocenters. The summed E-state index contributed by atoms with van der Waals surface area (Å²) in [6.07, 6.45) is 0. The van der Waals surface area contributed by atoms with Gasteiger partial charge in [0.1, 0.15) is 11.7 Å². The number of nitrogen functional groups attached to an aromatic ring is 1. The van der Waals surface area contributed by atoms with E-state index in [1.54, 1.807) is 12.1 Å². The van der Waals surface area contributed by atoms with E-state index in [1.807, 2.05) is 0 Å². The summed E-state index contributed by atoms with van der Waals surface area (Å²) < 4.78 is 13.9. The number of rotatable bonds is 2. The summed E-state index contributed by atoms with van der Waals surface area (Å²) >= 11 is 0. The highest BCUT2D eigenvalue weighted by Gasteiger charge is 2.27. The molecule has 1 fully saturated rings. The van der Waals surface area contributed by atoms with Gasteiger partial charge < -0.3 is 10.6 Å². The van der Waals surface area contributed by atoms with Crippen LogP contribution in [-0.4, -0.2) is 18.9 Å². The Morgan fingerprint density at radius 3 is 2.41 bits per heavy atom. The van der Waals surface area contributed by atoms with Crippen molar-refractivity contribution in [2.24, 2.45) is 17.6 Å². The summed E-state index contributed by atoms with van der Waals surface area (Å²) in [7, 11) is 0. The lowest BCUT2D eigenvalue weighted by molar-refractivity contribution is 0.494. The fraction of sp³-hybridized carbons (Fsp3) is 0.462. The van der Waals surface area contributed by atoms with Gasteiger partial charge in [-0.2, -0.15) is 0 Å². The van der Waals surface area contributed by atoms with Gasteiger partial charge in [0, 0.05) is 18.7 Å². The normalized spacial score (nSPS) is 24.1. The number of amidine groups is 1. The molecule has 0 saturated carbocycles. The Hall–Kier alpha value is -1.58. The molecule has 3 N–H and O–H groups in total. The molecule has 0 aliphatic carbocycles. The first-order valence-corrected chi connectivity index (χ1v) is 5.88. The van der Waals surface area contributed by atoms with Crippen LogP contribution in [0.2, 0.25) is 0 Å². The number of anilines is 1. The van der Waals surface area contributed by atoms with Crippen molar-refractivity contribution >= 4 is 11.5 Å². The maximum Gasteiger partial charge on any atom is 0.147 e. The minimum Gasteiger partial charge on any atom is -0.384 e. The highest BCUT2D eigenvalue weighted by atomic mass is 19.1. The van der Waals surface area contributed by atoms with Gasteiger partial charge in [-0.15, -0.1) is 0 Å². The van der Waals surface area contributed by atoms with Gasteiger partial charge in [-0.1, -0.05) is 13.8 Å². The molecule has 2 rings (SSSR count). The summed E-state index contributed by atoms with van der Waals surface area (Å²) in [6, 6.07) is 4.76. The van der Waals surface area contributed by atoms with Crippen molar-refractivity contribution < 1.29 is 4.39 Å². The average molecular weight is 235 g/mol. The minimum atomic E-state index is -0.293. The third kappa shape index (κ3) is 2.25. The molecule has 17 heavy (non-hydrogen) atoms. The van der Waals surface area contributed by atoms with Crippen LogP contribution in [0.1, 0.15) is 19.4 Å². The Balaban J connectivity index is 2.26. The molecule has 1 heterocycles. The van der Waals surface area contributed by atoms with E-state index < -0.39 is 0 Å². The Kier molecular flexibility index (Phi) is 3.05. The van der Waals surface area contributed by atoms with Gasteiger partial charge in [-0.25, -0.2) is 4.39 Å². The van der Waals surface area contributed by atoms with Crippen molar-refractivity contribution in [1.82, 2.24) is 0 Å².